The van der Waals surface area contributed by atoms with E-state index in [4.69, 9.17) is 10.5 Å². The molecular formula is C13H23N5O. The van der Waals surface area contributed by atoms with Crippen LogP contribution in [-0.2, 0) is 0 Å². The number of nitrogen functional groups attached to an aromatic ring is 1. The molecule has 1 aliphatic rings. The second kappa shape index (κ2) is 5.61. The minimum absolute atomic E-state index is 0.199. The first-order valence-corrected chi connectivity index (χ1v) is 6.65. The number of nitrogens with one attached hydrogen (secondary N) is 1. The van der Waals surface area contributed by atoms with Gasteiger partial charge in [-0.3, -0.25) is 0 Å². The van der Waals surface area contributed by atoms with Gasteiger partial charge >= 0.3 is 0 Å². The van der Waals surface area contributed by atoms with Gasteiger partial charge in [0.05, 0.1) is 7.11 Å². The van der Waals surface area contributed by atoms with Crippen molar-refractivity contribution in [3.05, 3.63) is 6.33 Å². The smallest absolute Gasteiger partial charge is 0.203 e. The summed E-state index contributed by atoms with van der Waals surface area (Å²) in [6.45, 7) is 0.840. The van der Waals surface area contributed by atoms with Crippen LogP contribution in [0.3, 0.4) is 0 Å². The lowest BCUT2D eigenvalue weighted by Crippen LogP contribution is -2.47. The number of nitrogens with zero attached hydrogens (tertiary/aromatic N) is 3. The first-order chi connectivity index (χ1) is 9.09. The van der Waals surface area contributed by atoms with Crippen molar-refractivity contribution in [2.75, 3.05) is 38.8 Å². The summed E-state index contributed by atoms with van der Waals surface area (Å²) in [5.41, 5.74) is 5.98. The molecule has 1 saturated carbocycles. The van der Waals surface area contributed by atoms with Gasteiger partial charge in [0.1, 0.15) is 6.33 Å². The number of nitrogens with two attached hydrogens (primary N) is 1. The second-order valence-electron chi connectivity index (χ2n) is 5.32. The van der Waals surface area contributed by atoms with Crippen molar-refractivity contribution in [3.63, 3.8) is 0 Å². The number of rotatable bonds is 5. The number of likely N-dealkylation sites (N-methyl/N-ethyl adjacent to an activating group) is 1. The standard InChI is InChI=1S/C13H23N5O/c1-18(2)13(6-4-5-7-13)8-15-12-10(19-3)11(14)16-9-17-12/h9H,4-8H2,1-3H3,(H3,14,15,16,17). The van der Waals surface area contributed by atoms with Gasteiger partial charge in [-0.25, -0.2) is 9.97 Å². The van der Waals surface area contributed by atoms with Crippen LogP contribution in [0.2, 0.25) is 0 Å². The molecular weight excluding hydrogens is 242 g/mol. The van der Waals surface area contributed by atoms with E-state index in [-0.39, 0.29) is 5.54 Å². The van der Waals surface area contributed by atoms with Crippen LogP contribution in [-0.4, -0.2) is 48.2 Å². The zero-order valence-electron chi connectivity index (χ0n) is 11.9. The molecule has 0 aliphatic heterocycles. The minimum Gasteiger partial charge on any atom is -0.490 e. The lowest BCUT2D eigenvalue weighted by atomic mass is 9.96. The molecule has 2 rings (SSSR count). The maximum atomic E-state index is 5.78. The average molecular weight is 265 g/mol. The minimum atomic E-state index is 0.199. The Bertz CT molecular complexity index is 429. The average Bonchev–Trinajstić information content (AvgIpc) is 2.86. The van der Waals surface area contributed by atoms with Gasteiger partial charge in [0.2, 0.25) is 5.75 Å². The van der Waals surface area contributed by atoms with Crippen molar-refractivity contribution in [2.24, 2.45) is 0 Å². The molecule has 3 N–H and O–H groups in total. The van der Waals surface area contributed by atoms with E-state index in [2.05, 4.69) is 34.3 Å². The number of anilines is 2. The summed E-state index contributed by atoms with van der Waals surface area (Å²) in [5.74, 6) is 1.56. The number of ether oxygens (including phenoxy) is 1. The molecule has 0 amide bonds. The molecule has 1 heterocycles. The van der Waals surface area contributed by atoms with Gasteiger partial charge in [0, 0.05) is 12.1 Å². The molecule has 0 aromatic carbocycles. The highest BCUT2D eigenvalue weighted by molar-refractivity contribution is 5.61. The van der Waals surface area contributed by atoms with E-state index >= 15 is 0 Å². The number of methoxy groups -OCH3 is 1. The highest BCUT2D eigenvalue weighted by atomic mass is 16.5. The largest absolute Gasteiger partial charge is 0.490 e. The van der Waals surface area contributed by atoms with E-state index in [0.717, 1.165) is 6.54 Å². The summed E-state index contributed by atoms with van der Waals surface area (Å²) in [4.78, 5) is 10.5. The summed E-state index contributed by atoms with van der Waals surface area (Å²) in [6.07, 6.45) is 6.43. The molecule has 0 radical (unpaired) electrons. The van der Waals surface area contributed by atoms with Gasteiger partial charge in [-0.15, -0.1) is 0 Å². The zero-order valence-corrected chi connectivity index (χ0v) is 11.9. The van der Waals surface area contributed by atoms with Gasteiger partial charge in [-0.2, -0.15) is 0 Å². The first-order valence-electron chi connectivity index (χ1n) is 6.65. The Labute approximate surface area is 114 Å². The molecule has 0 bridgehead atoms. The van der Waals surface area contributed by atoms with Crippen LogP contribution in [0.15, 0.2) is 6.33 Å². The molecule has 1 aliphatic carbocycles. The summed E-state index contributed by atoms with van der Waals surface area (Å²) in [5, 5.41) is 3.37. The maximum absolute atomic E-state index is 5.78. The quantitative estimate of drug-likeness (QED) is 0.837. The molecule has 1 aromatic rings. The van der Waals surface area contributed by atoms with Crippen LogP contribution in [0, 0.1) is 0 Å². The Morgan fingerprint density at radius 3 is 2.63 bits per heavy atom. The maximum Gasteiger partial charge on any atom is 0.203 e. The van der Waals surface area contributed by atoms with Gasteiger partial charge in [0.15, 0.2) is 11.6 Å². The second-order valence-corrected chi connectivity index (χ2v) is 5.32. The third-order valence-corrected chi connectivity index (χ3v) is 4.10. The van der Waals surface area contributed by atoms with Crippen LogP contribution in [0.25, 0.3) is 0 Å². The summed E-state index contributed by atoms with van der Waals surface area (Å²) in [7, 11) is 5.86. The SMILES string of the molecule is COc1c(N)ncnc1NCC1(N(C)C)CCCC1. The molecule has 0 saturated heterocycles. The Kier molecular flexibility index (Phi) is 4.09. The fourth-order valence-electron chi connectivity index (χ4n) is 2.78. The first kappa shape index (κ1) is 13.9. The van der Waals surface area contributed by atoms with E-state index in [9.17, 15) is 0 Å². The van der Waals surface area contributed by atoms with E-state index in [1.807, 2.05) is 0 Å². The van der Waals surface area contributed by atoms with Crippen molar-refractivity contribution >= 4 is 11.6 Å². The molecule has 106 valence electrons. The van der Waals surface area contributed by atoms with Crippen molar-refractivity contribution < 1.29 is 4.74 Å². The third-order valence-electron chi connectivity index (χ3n) is 4.10. The van der Waals surface area contributed by atoms with Gasteiger partial charge in [-0.1, -0.05) is 12.8 Å². The molecule has 19 heavy (non-hydrogen) atoms. The Hall–Kier alpha value is -1.56. The normalized spacial score (nSPS) is 17.7. The van der Waals surface area contributed by atoms with Crippen molar-refractivity contribution in [2.45, 2.75) is 31.2 Å². The molecule has 0 unspecified atom stereocenters. The predicted octanol–water partition coefficient (Wildman–Crippen LogP) is 1.35. The van der Waals surface area contributed by atoms with Crippen molar-refractivity contribution in [1.82, 2.24) is 14.9 Å². The van der Waals surface area contributed by atoms with E-state index in [1.54, 1.807) is 7.11 Å². The van der Waals surface area contributed by atoms with Crippen LogP contribution >= 0.6 is 0 Å². The lowest BCUT2D eigenvalue weighted by Gasteiger charge is -2.36. The van der Waals surface area contributed by atoms with Crippen LogP contribution in [0.1, 0.15) is 25.7 Å². The molecule has 0 atom stereocenters. The molecule has 1 fully saturated rings. The highest BCUT2D eigenvalue weighted by Crippen LogP contribution is 2.35. The van der Waals surface area contributed by atoms with Crippen LogP contribution in [0.5, 0.6) is 5.75 Å². The topological polar surface area (TPSA) is 76.3 Å². The monoisotopic (exact) mass is 265 g/mol. The molecule has 1 aromatic heterocycles. The summed E-state index contributed by atoms with van der Waals surface area (Å²) in [6, 6.07) is 0. The van der Waals surface area contributed by atoms with Crippen LogP contribution in [0.4, 0.5) is 11.6 Å². The highest BCUT2D eigenvalue weighted by Gasteiger charge is 2.36. The fourth-order valence-corrected chi connectivity index (χ4v) is 2.78. The van der Waals surface area contributed by atoms with E-state index in [1.165, 1.54) is 32.0 Å². The predicted molar refractivity (Wildman–Crippen MR) is 76.4 cm³/mol. The number of hydrogen-bond acceptors (Lipinski definition) is 6. The summed E-state index contributed by atoms with van der Waals surface area (Å²) >= 11 is 0. The van der Waals surface area contributed by atoms with Gasteiger partial charge in [-0.05, 0) is 26.9 Å². The molecule has 6 heteroatoms. The van der Waals surface area contributed by atoms with E-state index in [0.29, 0.717) is 17.4 Å². The molecule has 0 spiro atoms. The third kappa shape index (κ3) is 2.73. The summed E-state index contributed by atoms with van der Waals surface area (Å²) < 4.78 is 5.26. The number of hydrogen-bond donors (Lipinski definition) is 2. The lowest BCUT2D eigenvalue weighted by molar-refractivity contribution is 0.172. The van der Waals surface area contributed by atoms with E-state index < -0.39 is 0 Å². The van der Waals surface area contributed by atoms with Crippen molar-refractivity contribution in [3.8, 4) is 5.75 Å². The fraction of sp³-hybridized carbons (Fsp3) is 0.692. The van der Waals surface area contributed by atoms with Crippen molar-refractivity contribution in [1.29, 1.82) is 0 Å². The Morgan fingerprint density at radius 1 is 1.37 bits per heavy atom. The molecule has 6 nitrogen and oxygen atoms in total. The number of aromatic nitrogens is 2. The van der Waals surface area contributed by atoms with Gasteiger partial charge in [0.25, 0.3) is 0 Å². The van der Waals surface area contributed by atoms with Crippen LogP contribution < -0.4 is 15.8 Å². The Balaban J connectivity index is 2.12. The Morgan fingerprint density at radius 2 is 2.05 bits per heavy atom. The zero-order chi connectivity index (χ0) is 13.9. The van der Waals surface area contributed by atoms with Gasteiger partial charge < -0.3 is 20.7 Å².